The molecule has 0 atom stereocenters. The van der Waals surface area contributed by atoms with Crippen molar-refractivity contribution in [3.63, 3.8) is 0 Å². The van der Waals surface area contributed by atoms with Crippen molar-refractivity contribution in [2.45, 2.75) is 12.6 Å². The Labute approximate surface area is 106 Å². The van der Waals surface area contributed by atoms with E-state index in [0.717, 1.165) is 0 Å². The predicted molar refractivity (Wildman–Crippen MR) is 62.6 cm³/mol. The number of nitrogens with two attached hydrogens (primary N) is 1. The quantitative estimate of drug-likeness (QED) is 0.891. The average molecular weight is 272 g/mol. The number of carbonyl (C=O) groups is 1. The van der Waals surface area contributed by atoms with Gasteiger partial charge in [-0.25, -0.2) is 4.52 Å². The third-order valence-corrected chi connectivity index (χ3v) is 2.48. The summed E-state index contributed by atoms with van der Waals surface area (Å²) in [6.45, 7) is -0.470. The number of carbonyl (C=O) groups excluding carboxylic acids is 1. The van der Waals surface area contributed by atoms with E-state index in [0.29, 0.717) is 11.2 Å². The maximum Gasteiger partial charge on any atom is 0.390 e. The molecule has 0 fully saturated rings. The highest BCUT2D eigenvalue weighted by Crippen LogP contribution is 2.18. The van der Waals surface area contributed by atoms with Crippen LogP contribution >= 0.6 is 0 Å². The average Bonchev–Trinajstić information content (AvgIpc) is 2.69. The molecule has 2 rings (SSSR count). The lowest BCUT2D eigenvalue weighted by molar-refractivity contribution is -0.132. The van der Waals surface area contributed by atoms with Crippen molar-refractivity contribution in [2.24, 2.45) is 0 Å². The summed E-state index contributed by atoms with van der Waals surface area (Å²) in [6.07, 6.45) is -2.51. The Morgan fingerprint density at radius 1 is 1.47 bits per heavy atom. The van der Waals surface area contributed by atoms with Crippen molar-refractivity contribution in [1.29, 1.82) is 0 Å². The number of fused-ring (bicyclic) bond motifs is 1. The van der Waals surface area contributed by atoms with E-state index in [1.54, 1.807) is 12.3 Å². The minimum Gasteiger partial charge on any atom is -0.399 e. The normalized spacial score (nSPS) is 11.7. The van der Waals surface area contributed by atoms with Crippen LogP contribution in [0.3, 0.4) is 0 Å². The number of aromatic nitrogens is 2. The van der Waals surface area contributed by atoms with Gasteiger partial charge in [-0.05, 0) is 12.1 Å². The lowest BCUT2D eigenvalue weighted by Gasteiger charge is -2.07. The monoisotopic (exact) mass is 272 g/mol. The van der Waals surface area contributed by atoms with Crippen LogP contribution in [0.15, 0.2) is 24.5 Å². The first-order valence-electron chi connectivity index (χ1n) is 5.44. The molecule has 0 unspecified atom stereocenters. The number of halogens is 3. The standard InChI is InChI=1S/C11H11F3N4O/c12-11(13,14)2-3-16-10(19)8-6-17-18-4-1-7(15)5-9(8)18/h1,4-6H,2-3,15H2,(H,16,19). The fraction of sp³-hybridized carbons (Fsp3) is 0.273. The van der Waals surface area contributed by atoms with E-state index in [2.05, 4.69) is 10.4 Å². The van der Waals surface area contributed by atoms with Crippen LogP contribution in [0.25, 0.3) is 5.52 Å². The molecule has 2 aromatic heterocycles. The summed E-state index contributed by atoms with van der Waals surface area (Å²) in [7, 11) is 0. The van der Waals surface area contributed by atoms with E-state index >= 15 is 0 Å². The Kier molecular flexibility index (Phi) is 3.32. The molecule has 8 heteroatoms. The van der Waals surface area contributed by atoms with Gasteiger partial charge in [0.15, 0.2) is 0 Å². The SMILES string of the molecule is Nc1ccn2ncc(C(=O)NCCC(F)(F)F)c2c1. The van der Waals surface area contributed by atoms with Gasteiger partial charge in [0.05, 0.1) is 23.7 Å². The first kappa shape index (κ1) is 13.2. The van der Waals surface area contributed by atoms with Crippen molar-refractivity contribution in [2.75, 3.05) is 12.3 Å². The third-order valence-electron chi connectivity index (χ3n) is 2.48. The number of alkyl halides is 3. The van der Waals surface area contributed by atoms with Gasteiger partial charge in [-0.3, -0.25) is 4.79 Å². The van der Waals surface area contributed by atoms with E-state index < -0.39 is 25.0 Å². The van der Waals surface area contributed by atoms with Crippen LogP contribution in [0, 0.1) is 0 Å². The Morgan fingerprint density at radius 3 is 2.89 bits per heavy atom. The highest BCUT2D eigenvalue weighted by atomic mass is 19.4. The number of anilines is 1. The molecule has 1 amide bonds. The van der Waals surface area contributed by atoms with Gasteiger partial charge in [0.25, 0.3) is 5.91 Å². The van der Waals surface area contributed by atoms with Crippen molar-refractivity contribution in [3.8, 4) is 0 Å². The van der Waals surface area contributed by atoms with E-state index in [9.17, 15) is 18.0 Å². The molecule has 0 aliphatic heterocycles. The molecule has 0 saturated carbocycles. The van der Waals surface area contributed by atoms with Crippen LogP contribution in [0.4, 0.5) is 18.9 Å². The first-order chi connectivity index (χ1) is 8.87. The molecule has 0 radical (unpaired) electrons. The third kappa shape index (κ3) is 3.15. The van der Waals surface area contributed by atoms with Crippen LogP contribution in [-0.2, 0) is 0 Å². The Hall–Kier alpha value is -2.25. The maximum absolute atomic E-state index is 12.0. The molecule has 0 saturated heterocycles. The van der Waals surface area contributed by atoms with Crippen molar-refractivity contribution in [3.05, 3.63) is 30.1 Å². The van der Waals surface area contributed by atoms with Gasteiger partial charge in [0, 0.05) is 18.4 Å². The largest absolute Gasteiger partial charge is 0.399 e. The molecule has 0 aliphatic carbocycles. The van der Waals surface area contributed by atoms with Crippen LogP contribution in [0.2, 0.25) is 0 Å². The lowest BCUT2D eigenvalue weighted by Crippen LogP contribution is -2.27. The number of nitrogens with one attached hydrogen (secondary N) is 1. The van der Waals surface area contributed by atoms with E-state index in [1.807, 2.05) is 0 Å². The molecule has 102 valence electrons. The highest BCUT2D eigenvalue weighted by Gasteiger charge is 2.26. The molecule has 0 spiro atoms. The van der Waals surface area contributed by atoms with Crippen molar-refractivity contribution in [1.82, 2.24) is 14.9 Å². The van der Waals surface area contributed by atoms with Gasteiger partial charge in [-0.1, -0.05) is 0 Å². The van der Waals surface area contributed by atoms with Gasteiger partial charge in [-0.2, -0.15) is 18.3 Å². The molecule has 0 aromatic carbocycles. The predicted octanol–water partition coefficient (Wildman–Crippen LogP) is 1.60. The Bertz CT molecular complexity index is 605. The molecular formula is C11H11F3N4O. The number of hydrogen-bond donors (Lipinski definition) is 2. The van der Waals surface area contributed by atoms with Crippen LogP contribution < -0.4 is 11.1 Å². The van der Waals surface area contributed by atoms with Gasteiger partial charge in [-0.15, -0.1) is 0 Å². The zero-order chi connectivity index (χ0) is 14.0. The van der Waals surface area contributed by atoms with Gasteiger partial charge in [0.1, 0.15) is 0 Å². The number of rotatable bonds is 3. The highest BCUT2D eigenvalue weighted by molar-refractivity contribution is 6.00. The fourth-order valence-electron chi connectivity index (χ4n) is 1.58. The van der Waals surface area contributed by atoms with Gasteiger partial charge < -0.3 is 11.1 Å². The number of pyridine rings is 1. The van der Waals surface area contributed by atoms with E-state index in [4.69, 9.17) is 5.73 Å². The summed E-state index contributed by atoms with van der Waals surface area (Å²) >= 11 is 0. The summed E-state index contributed by atoms with van der Waals surface area (Å²) in [4.78, 5) is 11.7. The zero-order valence-corrected chi connectivity index (χ0v) is 9.74. The summed E-state index contributed by atoms with van der Waals surface area (Å²) in [5.41, 5.74) is 6.67. The second-order valence-corrected chi connectivity index (χ2v) is 3.97. The molecule has 0 bridgehead atoms. The minimum atomic E-state index is -4.29. The summed E-state index contributed by atoms with van der Waals surface area (Å²) in [5.74, 6) is -0.607. The van der Waals surface area contributed by atoms with Crippen molar-refractivity contribution < 1.29 is 18.0 Å². The topological polar surface area (TPSA) is 72.4 Å². The molecule has 19 heavy (non-hydrogen) atoms. The van der Waals surface area contributed by atoms with Crippen molar-refractivity contribution >= 4 is 17.1 Å². The second kappa shape index (κ2) is 4.79. The second-order valence-electron chi connectivity index (χ2n) is 3.97. The number of amides is 1. The molecule has 3 N–H and O–H groups in total. The smallest absolute Gasteiger partial charge is 0.390 e. The summed E-state index contributed by atoms with van der Waals surface area (Å²) in [6, 6.07) is 3.14. The van der Waals surface area contributed by atoms with Crippen LogP contribution in [0.5, 0.6) is 0 Å². The fourth-order valence-corrected chi connectivity index (χ4v) is 1.58. The first-order valence-corrected chi connectivity index (χ1v) is 5.44. The molecule has 2 heterocycles. The van der Waals surface area contributed by atoms with Gasteiger partial charge >= 0.3 is 6.18 Å². The van der Waals surface area contributed by atoms with E-state index in [1.165, 1.54) is 16.8 Å². The number of nitrogen functional groups attached to an aromatic ring is 1. The molecule has 2 aromatic rings. The summed E-state index contributed by atoms with van der Waals surface area (Å²) in [5, 5.41) is 6.12. The Balaban J connectivity index is 2.11. The molecule has 0 aliphatic rings. The van der Waals surface area contributed by atoms with Gasteiger partial charge in [0.2, 0.25) is 0 Å². The molecule has 5 nitrogen and oxygen atoms in total. The number of hydrogen-bond acceptors (Lipinski definition) is 3. The van der Waals surface area contributed by atoms with Crippen LogP contribution in [0.1, 0.15) is 16.8 Å². The number of nitrogens with zero attached hydrogens (tertiary/aromatic N) is 2. The Morgan fingerprint density at radius 2 is 2.21 bits per heavy atom. The zero-order valence-electron chi connectivity index (χ0n) is 9.74. The van der Waals surface area contributed by atoms with E-state index in [-0.39, 0.29) is 5.56 Å². The molecular weight excluding hydrogens is 261 g/mol. The maximum atomic E-state index is 12.0. The summed E-state index contributed by atoms with van der Waals surface area (Å²) < 4.78 is 37.3. The van der Waals surface area contributed by atoms with Crippen LogP contribution in [-0.4, -0.2) is 28.2 Å². The lowest BCUT2D eigenvalue weighted by atomic mass is 10.2. The minimum absolute atomic E-state index is 0.189.